The van der Waals surface area contributed by atoms with Gasteiger partial charge in [-0.25, -0.2) is 4.79 Å². The van der Waals surface area contributed by atoms with Crippen molar-refractivity contribution in [2.24, 2.45) is 0 Å². The average molecular weight is 325 g/mol. The third-order valence-electron chi connectivity index (χ3n) is 2.48. The summed E-state index contributed by atoms with van der Waals surface area (Å²) in [6, 6.07) is -0.321. The summed E-state index contributed by atoms with van der Waals surface area (Å²) in [5, 5.41) is 14.4. The summed E-state index contributed by atoms with van der Waals surface area (Å²) in [5.41, 5.74) is -1.10. The van der Waals surface area contributed by atoms with Crippen LogP contribution in [0.3, 0.4) is 0 Å². The third kappa shape index (κ3) is 5.66. The van der Waals surface area contributed by atoms with Crippen LogP contribution in [0.2, 0.25) is 0 Å². The predicted octanol–water partition coefficient (Wildman–Crippen LogP) is 1.22. The zero-order valence-corrected chi connectivity index (χ0v) is 11.9. The molecule has 1 heterocycles. The van der Waals surface area contributed by atoms with Crippen molar-refractivity contribution in [3.8, 4) is 0 Å². The van der Waals surface area contributed by atoms with Crippen molar-refractivity contribution < 1.29 is 27.9 Å². The Bertz CT molecular complexity index is 504. The maximum atomic E-state index is 12.3. The minimum absolute atomic E-state index is 0.231. The summed E-state index contributed by atoms with van der Waals surface area (Å²) in [7, 11) is 0. The molecule has 1 rings (SSSR count). The Balaban J connectivity index is 2.60. The molecule has 0 spiro atoms. The lowest BCUT2D eigenvalue weighted by atomic mass is 10.2. The fourth-order valence-electron chi connectivity index (χ4n) is 1.48. The molecule has 0 aliphatic carbocycles. The number of thioether (sulfide) groups is 1. The molecular weight excluding hydrogens is 311 g/mol. The number of carboxylic acids is 1. The maximum absolute atomic E-state index is 12.3. The fourth-order valence-corrected chi connectivity index (χ4v) is 1.95. The number of alkyl halides is 3. The average Bonchev–Trinajstić information content (AvgIpc) is 2.82. The molecule has 0 saturated carbocycles. The first-order valence-corrected chi connectivity index (χ1v) is 7.25. The molecule has 0 aromatic carbocycles. The van der Waals surface area contributed by atoms with Gasteiger partial charge in [0.1, 0.15) is 12.6 Å². The van der Waals surface area contributed by atoms with Gasteiger partial charge in [-0.2, -0.15) is 30.0 Å². The van der Waals surface area contributed by atoms with E-state index in [4.69, 9.17) is 5.11 Å². The number of nitrogens with one attached hydrogen (secondary N) is 1. The number of halogens is 3. The van der Waals surface area contributed by atoms with E-state index in [1.807, 2.05) is 0 Å². The third-order valence-corrected chi connectivity index (χ3v) is 3.12. The molecule has 0 aliphatic rings. The van der Waals surface area contributed by atoms with Gasteiger partial charge in [0.05, 0.1) is 0 Å². The van der Waals surface area contributed by atoms with Gasteiger partial charge in [0.15, 0.2) is 5.69 Å². The molecule has 1 aromatic rings. The first-order valence-electron chi connectivity index (χ1n) is 5.85. The van der Waals surface area contributed by atoms with E-state index in [-0.39, 0.29) is 6.42 Å². The molecule has 1 aromatic heterocycles. The van der Waals surface area contributed by atoms with Crippen LogP contribution >= 0.6 is 11.8 Å². The topological polar surface area (TPSA) is 84.2 Å². The quantitative estimate of drug-likeness (QED) is 0.787. The Hall–Kier alpha value is -1.71. The lowest BCUT2D eigenvalue weighted by molar-refractivity contribution is -0.142. The number of carboxylic acid groups (broad SMARTS) is 1. The molecule has 6 nitrogen and oxygen atoms in total. The molecule has 0 saturated heterocycles. The van der Waals surface area contributed by atoms with Gasteiger partial charge in [0.2, 0.25) is 5.91 Å². The zero-order valence-electron chi connectivity index (χ0n) is 11.1. The van der Waals surface area contributed by atoms with Gasteiger partial charge in [-0.1, -0.05) is 0 Å². The lowest BCUT2D eigenvalue weighted by Crippen LogP contribution is -2.42. The second-order valence-corrected chi connectivity index (χ2v) is 5.12. The second kappa shape index (κ2) is 7.34. The zero-order chi connectivity index (χ0) is 16.0. The fraction of sp³-hybridized carbons (Fsp3) is 0.545. The molecule has 0 radical (unpaired) electrons. The van der Waals surface area contributed by atoms with Crippen LogP contribution in [0.25, 0.3) is 0 Å². The van der Waals surface area contributed by atoms with Crippen molar-refractivity contribution >= 4 is 23.6 Å². The van der Waals surface area contributed by atoms with Crippen LogP contribution in [0.1, 0.15) is 12.1 Å². The summed E-state index contributed by atoms with van der Waals surface area (Å²) in [4.78, 5) is 22.6. The van der Waals surface area contributed by atoms with Crippen molar-refractivity contribution in [1.82, 2.24) is 15.1 Å². The normalized spacial score (nSPS) is 13.0. The van der Waals surface area contributed by atoms with Gasteiger partial charge >= 0.3 is 12.1 Å². The Morgan fingerprint density at radius 2 is 2.19 bits per heavy atom. The molecule has 10 heteroatoms. The minimum Gasteiger partial charge on any atom is -0.480 e. The smallest absolute Gasteiger partial charge is 0.435 e. The largest absolute Gasteiger partial charge is 0.480 e. The van der Waals surface area contributed by atoms with Gasteiger partial charge in [-0.05, 0) is 24.5 Å². The summed E-state index contributed by atoms with van der Waals surface area (Å²) in [6.07, 6.45) is -1.54. The number of hydrogen-bond acceptors (Lipinski definition) is 4. The first kappa shape index (κ1) is 17.3. The van der Waals surface area contributed by atoms with E-state index < -0.39 is 36.3 Å². The van der Waals surface area contributed by atoms with E-state index in [9.17, 15) is 22.8 Å². The van der Waals surface area contributed by atoms with Crippen LogP contribution in [-0.2, 0) is 22.3 Å². The van der Waals surface area contributed by atoms with Crippen molar-refractivity contribution in [1.29, 1.82) is 0 Å². The van der Waals surface area contributed by atoms with E-state index in [1.165, 1.54) is 11.8 Å². The predicted molar refractivity (Wildman–Crippen MR) is 69.8 cm³/mol. The molecular formula is C11H14F3N3O3S. The van der Waals surface area contributed by atoms with E-state index in [1.54, 1.807) is 6.26 Å². The minimum atomic E-state index is -4.58. The Labute approximate surface area is 122 Å². The number of aliphatic carboxylic acids is 1. The molecule has 0 fully saturated rings. The van der Waals surface area contributed by atoms with Crippen LogP contribution in [0.15, 0.2) is 12.3 Å². The van der Waals surface area contributed by atoms with Crippen LogP contribution in [-0.4, -0.2) is 44.8 Å². The summed E-state index contributed by atoms with van der Waals surface area (Å²) >= 11 is 1.43. The standard InChI is InChI=1S/C11H14F3N3O3S/c1-21-5-3-7(10(19)20)15-9(18)6-17-4-2-8(16-17)11(12,13)14/h2,4,7H,3,5-6H2,1H3,(H,15,18)(H,19,20)/t7-/m1/s1. The molecule has 2 N–H and O–H groups in total. The number of carbonyl (C=O) groups excluding carboxylic acids is 1. The number of carbonyl (C=O) groups is 2. The van der Waals surface area contributed by atoms with Crippen LogP contribution in [0.5, 0.6) is 0 Å². The van der Waals surface area contributed by atoms with E-state index in [2.05, 4.69) is 10.4 Å². The van der Waals surface area contributed by atoms with Gasteiger partial charge in [-0.3, -0.25) is 9.48 Å². The van der Waals surface area contributed by atoms with Crippen LogP contribution in [0.4, 0.5) is 13.2 Å². The van der Waals surface area contributed by atoms with Gasteiger partial charge < -0.3 is 10.4 Å². The van der Waals surface area contributed by atoms with Gasteiger partial charge in [0, 0.05) is 6.20 Å². The number of rotatable bonds is 7. The molecule has 1 amide bonds. The monoisotopic (exact) mass is 325 g/mol. The van der Waals surface area contributed by atoms with E-state index in [0.29, 0.717) is 5.75 Å². The van der Waals surface area contributed by atoms with Crippen LogP contribution < -0.4 is 5.32 Å². The number of amides is 1. The Kier molecular flexibility index (Phi) is 6.06. The van der Waals surface area contributed by atoms with E-state index in [0.717, 1.165) is 16.9 Å². The highest BCUT2D eigenvalue weighted by Gasteiger charge is 2.33. The lowest BCUT2D eigenvalue weighted by Gasteiger charge is -2.13. The highest BCUT2D eigenvalue weighted by molar-refractivity contribution is 7.98. The van der Waals surface area contributed by atoms with Gasteiger partial charge in [-0.15, -0.1) is 0 Å². The first-order chi connectivity index (χ1) is 9.74. The van der Waals surface area contributed by atoms with Crippen molar-refractivity contribution in [2.75, 3.05) is 12.0 Å². The van der Waals surface area contributed by atoms with E-state index >= 15 is 0 Å². The number of hydrogen-bond donors (Lipinski definition) is 2. The molecule has 21 heavy (non-hydrogen) atoms. The summed E-state index contributed by atoms with van der Waals surface area (Å²) in [5.74, 6) is -1.36. The summed E-state index contributed by atoms with van der Waals surface area (Å²) < 4.78 is 37.8. The summed E-state index contributed by atoms with van der Waals surface area (Å²) in [6.45, 7) is -0.473. The number of nitrogens with zero attached hydrogens (tertiary/aromatic N) is 2. The Morgan fingerprint density at radius 3 is 2.67 bits per heavy atom. The Morgan fingerprint density at radius 1 is 1.52 bits per heavy atom. The van der Waals surface area contributed by atoms with Crippen molar-refractivity contribution in [3.63, 3.8) is 0 Å². The molecule has 0 aliphatic heterocycles. The highest BCUT2D eigenvalue weighted by atomic mass is 32.2. The SMILES string of the molecule is CSCC[C@@H](NC(=O)Cn1ccc(C(F)(F)F)n1)C(=O)O. The maximum Gasteiger partial charge on any atom is 0.435 e. The van der Waals surface area contributed by atoms with Crippen molar-refractivity contribution in [2.45, 2.75) is 25.2 Å². The molecule has 1 atom stereocenters. The molecule has 0 unspecified atom stereocenters. The van der Waals surface area contributed by atoms with Crippen molar-refractivity contribution in [3.05, 3.63) is 18.0 Å². The number of aromatic nitrogens is 2. The van der Waals surface area contributed by atoms with Crippen LogP contribution in [0, 0.1) is 0 Å². The highest BCUT2D eigenvalue weighted by Crippen LogP contribution is 2.27. The van der Waals surface area contributed by atoms with Gasteiger partial charge in [0.25, 0.3) is 0 Å². The second-order valence-electron chi connectivity index (χ2n) is 4.14. The molecule has 118 valence electrons. The molecule has 0 bridgehead atoms.